The molecule has 2 amide bonds. The molecule has 1 aliphatic heterocycles. The van der Waals surface area contributed by atoms with Gasteiger partial charge in [-0.1, -0.05) is 0 Å². The van der Waals surface area contributed by atoms with Gasteiger partial charge >= 0.3 is 0 Å². The minimum atomic E-state index is -0.940. The van der Waals surface area contributed by atoms with Gasteiger partial charge in [0.2, 0.25) is 5.91 Å². The van der Waals surface area contributed by atoms with Crippen LogP contribution in [0.2, 0.25) is 0 Å². The number of halogens is 2. The third kappa shape index (κ3) is 5.20. The molecule has 0 saturated carbocycles. The van der Waals surface area contributed by atoms with E-state index in [1.165, 1.54) is 28.7 Å². The van der Waals surface area contributed by atoms with Gasteiger partial charge in [0.1, 0.15) is 0 Å². The molecular formula is C22H22F2N4O2S2. The van der Waals surface area contributed by atoms with Crippen LogP contribution in [0.1, 0.15) is 30.1 Å². The molecule has 10 heteroatoms. The minimum Gasteiger partial charge on any atom is -0.349 e. The molecule has 1 aromatic carbocycles. The van der Waals surface area contributed by atoms with Crippen LogP contribution in [-0.4, -0.2) is 46.9 Å². The zero-order valence-corrected chi connectivity index (χ0v) is 18.9. The Labute approximate surface area is 192 Å². The maximum atomic E-state index is 13.5. The molecule has 3 heterocycles. The Hall–Kier alpha value is -2.69. The van der Waals surface area contributed by atoms with Crippen molar-refractivity contribution >= 4 is 39.6 Å². The van der Waals surface area contributed by atoms with Gasteiger partial charge in [-0.3, -0.25) is 14.5 Å². The van der Waals surface area contributed by atoms with Gasteiger partial charge in [-0.25, -0.2) is 13.8 Å². The smallest absolute Gasteiger partial charge is 0.252 e. The van der Waals surface area contributed by atoms with E-state index in [0.29, 0.717) is 35.0 Å². The molecule has 168 valence electrons. The van der Waals surface area contributed by atoms with Crippen LogP contribution < -0.4 is 10.6 Å². The predicted octanol–water partition coefficient (Wildman–Crippen LogP) is 4.37. The summed E-state index contributed by atoms with van der Waals surface area (Å²) in [5, 5.41) is 11.7. The van der Waals surface area contributed by atoms with Crippen molar-refractivity contribution in [3.05, 3.63) is 57.6 Å². The highest BCUT2D eigenvalue weighted by molar-refractivity contribution is 7.14. The molecule has 1 aliphatic rings. The number of benzene rings is 1. The molecule has 2 aromatic heterocycles. The molecule has 3 aromatic rings. The first-order valence-electron chi connectivity index (χ1n) is 10.2. The van der Waals surface area contributed by atoms with Gasteiger partial charge < -0.3 is 10.6 Å². The lowest BCUT2D eigenvalue weighted by Crippen LogP contribution is -2.50. The molecule has 1 atom stereocenters. The summed E-state index contributed by atoms with van der Waals surface area (Å²) < 4.78 is 26.6. The van der Waals surface area contributed by atoms with E-state index in [9.17, 15) is 18.4 Å². The van der Waals surface area contributed by atoms with Crippen molar-refractivity contribution in [2.45, 2.75) is 31.8 Å². The van der Waals surface area contributed by atoms with Gasteiger partial charge in [-0.05, 0) is 49.4 Å². The van der Waals surface area contributed by atoms with Crippen molar-refractivity contribution in [2.24, 2.45) is 0 Å². The fourth-order valence-electron chi connectivity index (χ4n) is 3.59. The fourth-order valence-corrected chi connectivity index (χ4v) is 4.95. The Morgan fingerprint density at radius 2 is 1.94 bits per heavy atom. The second kappa shape index (κ2) is 9.85. The Kier molecular flexibility index (Phi) is 6.92. The average Bonchev–Trinajstić information content (AvgIpc) is 3.48. The molecule has 6 nitrogen and oxygen atoms in total. The van der Waals surface area contributed by atoms with Crippen LogP contribution in [0.5, 0.6) is 0 Å². The average molecular weight is 477 g/mol. The normalized spacial score (nSPS) is 16.0. The van der Waals surface area contributed by atoms with Crippen LogP contribution in [0.3, 0.4) is 0 Å². The van der Waals surface area contributed by atoms with Gasteiger partial charge in [-0.15, -0.1) is 11.3 Å². The van der Waals surface area contributed by atoms with Crippen molar-refractivity contribution in [3.8, 4) is 11.3 Å². The minimum absolute atomic E-state index is 0.0592. The number of hydrogen-bond acceptors (Lipinski definition) is 6. The zero-order valence-electron chi connectivity index (χ0n) is 17.3. The van der Waals surface area contributed by atoms with E-state index in [4.69, 9.17) is 0 Å². The summed E-state index contributed by atoms with van der Waals surface area (Å²) in [6, 6.07) is 5.11. The third-order valence-corrected chi connectivity index (χ3v) is 6.97. The highest BCUT2D eigenvalue weighted by Crippen LogP contribution is 2.26. The molecule has 4 rings (SSSR count). The Morgan fingerprint density at radius 3 is 2.62 bits per heavy atom. The molecule has 0 bridgehead atoms. The highest BCUT2D eigenvalue weighted by atomic mass is 32.1. The number of nitrogens with zero attached hydrogens (tertiary/aromatic N) is 2. The third-order valence-electron chi connectivity index (χ3n) is 5.52. The van der Waals surface area contributed by atoms with Crippen molar-refractivity contribution in [1.29, 1.82) is 0 Å². The predicted molar refractivity (Wildman–Crippen MR) is 122 cm³/mol. The Morgan fingerprint density at radius 1 is 1.16 bits per heavy atom. The van der Waals surface area contributed by atoms with Crippen LogP contribution in [0.15, 0.2) is 40.4 Å². The van der Waals surface area contributed by atoms with Gasteiger partial charge in [0, 0.05) is 41.0 Å². The van der Waals surface area contributed by atoms with Crippen LogP contribution >= 0.6 is 22.7 Å². The van der Waals surface area contributed by atoms with E-state index in [0.717, 1.165) is 25.0 Å². The summed E-state index contributed by atoms with van der Waals surface area (Å²) in [6.45, 7) is 3.23. The van der Waals surface area contributed by atoms with Crippen LogP contribution in [0.25, 0.3) is 11.3 Å². The number of amides is 2. The largest absolute Gasteiger partial charge is 0.349 e. The number of hydrogen-bond donors (Lipinski definition) is 2. The summed E-state index contributed by atoms with van der Waals surface area (Å²) in [4.78, 5) is 31.3. The highest BCUT2D eigenvalue weighted by Gasteiger charge is 2.28. The summed E-state index contributed by atoms with van der Waals surface area (Å²) in [5.74, 6) is -2.10. The molecule has 1 unspecified atom stereocenters. The second-order valence-electron chi connectivity index (χ2n) is 7.63. The number of aromatic nitrogens is 1. The zero-order chi connectivity index (χ0) is 22.7. The quantitative estimate of drug-likeness (QED) is 0.554. The molecular weight excluding hydrogens is 454 g/mol. The van der Waals surface area contributed by atoms with Crippen LogP contribution in [0, 0.1) is 11.6 Å². The lowest BCUT2D eigenvalue weighted by Gasteiger charge is -2.35. The molecule has 2 N–H and O–H groups in total. The molecule has 1 fully saturated rings. The molecule has 0 aliphatic carbocycles. The molecule has 1 saturated heterocycles. The molecule has 0 spiro atoms. The summed E-state index contributed by atoms with van der Waals surface area (Å²) in [6.07, 6.45) is 1.54. The first-order chi connectivity index (χ1) is 15.4. The maximum absolute atomic E-state index is 13.5. The number of nitrogens with one attached hydrogen (secondary N) is 2. The number of likely N-dealkylation sites (tertiary alicyclic amines) is 1. The number of thiazole rings is 1. The van der Waals surface area contributed by atoms with Gasteiger partial charge in [0.25, 0.3) is 5.91 Å². The lowest BCUT2D eigenvalue weighted by molar-refractivity contribution is -0.121. The number of rotatable bonds is 6. The van der Waals surface area contributed by atoms with Crippen LogP contribution in [-0.2, 0) is 4.79 Å². The monoisotopic (exact) mass is 476 g/mol. The van der Waals surface area contributed by atoms with E-state index >= 15 is 0 Å². The summed E-state index contributed by atoms with van der Waals surface area (Å²) in [7, 11) is 0. The number of anilines is 1. The number of carbonyl (C=O) groups is 2. The van der Waals surface area contributed by atoms with E-state index in [1.807, 2.05) is 17.7 Å². The van der Waals surface area contributed by atoms with Gasteiger partial charge in [0.05, 0.1) is 11.7 Å². The lowest BCUT2D eigenvalue weighted by atomic mass is 10.0. The van der Waals surface area contributed by atoms with Crippen molar-refractivity contribution in [2.75, 3.05) is 18.4 Å². The first kappa shape index (κ1) is 22.5. The van der Waals surface area contributed by atoms with E-state index in [2.05, 4.69) is 20.5 Å². The molecule has 32 heavy (non-hydrogen) atoms. The van der Waals surface area contributed by atoms with E-state index in [1.54, 1.807) is 11.4 Å². The second-order valence-corrected chi connectivity index (χ2v) is 9.27. The van der Waals surface area contributed by atoms with Crippen molar-refractivity contribution in [1.82, 2.24) is 15.2 Å². The molecule has 0 radical (unpaired) electrons. The van der Waals surface area contributed by atoms with E-state index < -0.39 is 11.6 Å². The van der Waals surface area contributed by atoms with Gasteiger partial charge in [0.15, 0.2) is 16.8 Å². The fraction of sp³-hybridized carbons (Fsp3) is 0.318. The SMILES string of the molecule is CC(C(=O)Nc1nc(-c2ccc(F)c(F)c2)cs1)N1CCC(NC(=O)c2ccsc2)CC1. The maximum Gasteiger partial charge on any atom is 0.252 e. The Bertz CT molecular complexity index is 1100. The first-order valence-corrected chi connectivity index (χ1v) is 12.0. The summed E-state index contributed by atoms with van der Waals surface area (Å²) in [5.41, 5.74) is 1.59. The van der Waals surface area contributed by atoms with Crippen molar-refractivity contribution < 1.29 is 18.4 Å². The summed E-state index contributed by atoms with van der Waals surface area (Å²) >= 11 is 2.72. The topological polar surface area (TPSA) is 74.3 Å². The standard InChI is InChI=1S/C22H22F2N4O2S2/c1-13(28-7-4-16(5-8-28)25-21(30)15-6-9-31-11-15)20(29)27-22-26-19(12-32-22)14-2-3-17(23)18(24)10-14/h2-3,6,9-13,16H,4-5,7-8H2,1H3,(H,25,30)(H,26,27,29). The van der Waals surface area contributed by atoms with E-state index in [-0.39, 0.29) is 23.9 Å². The van der Waals surface area contributed by atoms with Gasteiger partial charge in [-0.2, -0.15) is 11.3 Å². The van der Waals surface area contributed by atoms with Crippen LogP contribution in [0.4, 0.5) is 13.9 Å². The number of piperidine rings is 1. The Balaban J connectivity index is 1.28. The number of carbonyl (C=O) groups excluding carboxylic acids is 2. The van der Waals surface area contributed by atoms with Crippen molar-refractivity contribution in [3.63, 3.8) is 0 Å². The number of thiophene rings is 1.